The SMILES string of the molecule is COC(=O)C1CN(C(=O)OC(C)(C)C)c2cc(-c3ccc(F)cc3)ccc21. The van der Waals surface area contributed by atoms with Gasteiger partial charge in [0.15, 0.2) is 0 Å². The van der Waals surface area contributed by atoms with E-state index < -0.39 is 23.6 Å². The molecule has 0 aliphatic carbocycles. The smallest absolute Gasteiger partial charge is 0.414 e. The Morgan fingerprint density at radius 3 is 2.30 bits per heavy atom. The molecular weight excluding hydrogens is 349 g/mol. The summed E-state index contributed by atoms with van der Waals surface area (Å²) in [6, 6.07) is 11.6. The van der Waals surface area contributed by atoms with Crippen LogP contribution in [0.4, 0.5) is 14.9 Å². The van der Waals surface area contributed by atoms with E-state index in [1.54, 1.807) is 39.0 Å². The highest BCUT2D eigenvalue weighted by Gasteiger charge is 2.39. The van der Waals surface area contributed by atoms with E-state index in [9.17, 15) is 14.0 Å². The highest BCUT2D eigenvalue weighted by atomic mass is 19.1. The first-order valence-electron chi connectivity index (χ1n) is 8.68. The van der Waals surface area contributed by atoms with E-state index in [1.165, 1.54) is 24.1 Å². The molecule has 6 heteroatoms. The summed E-state index contributed by atoms with van der Waals surface area (Å²) in [6.45, 7) is 5.52. The van der Waals surface area contributed by atoms with Crippen LogP contribution in [0, 0.1) is 5.82 Å². The van der Waals surface area contributed by atoms with E-state index in [1.807, 2.05) is 12.1 Å². The van der Waals surface area contributed by atoms with Gasteiger partial charge < -0.3 is 9.47 Å². The van der Waals surface area contributed by atoms with Crippen LogP contribution >= 0.6 is 0 Å². The monoisotopic (exact) mass is 371 g/mol. The predicted octanol–water partition coefficient (Wildman–Crippen LogP) is 4.50. The fourth-order valence-corrected chi connectivity index (χ4v) is 3.11. The Balaban J connectivity index is 2.02. The molecule has 1 amide bonds. The maximum atomic E-state index is 13.2. The zero-order valence-corrected chi connectivity index (χ0v) is 15.8. The number of hydrogen-bond donors (Lipinski definition) is 0. The first-order chi connectivity index (χ1) is 12.7. The van der Waals surface area contributed by atoms with Gasteiger partial charge in [0.2, 0.25) is 0 Å². The van der Waals surface area contributed by atoms with Crippen molar-refractivity contribution in [3.63, 3.8) is 0 Å². The van der Waals surface area contributed by atoms with Crippen LogP contribution in [0.3, 0.4) is 0 Å². The van der Waals surface area contributed by atoms with Gasteiger partial charge in [-0.15, -0.1) is 0 Å². The topological polar surface area (TPSA) is 55.8 Å². The average Bonchev–Trinajstić information content (AvgIpc) is 2.99. The largest absolute Gasteiger partial charge is 0.468 e. The number of halogens is 1. The van der Waals surface area contributed by atoms with E-state index >= 15 is 0 Å². The van der Waals surface area contributed by atoms with Crippen LogP contribution in [-0.4, -0.2) is 31.3 Å². The van der Waals surface area contributed by atoms with Crippen LogP contribution in [0.25, 0.3) is 11.1 Å². The number of esters is 1. The van der Waals surface area contributed by atoms with Crippen LogP contribution in [0.1, 0.15) is 32.3 Å². The lowest BCUT2D eigenvalue weighted by molar-refractivity contribution is -0.142. The Hall–Kier alpha value is -2.89. The molecule has 0 saturated heterocycles. The molecule has 1 aliphatic rings. The van der Waals surface area contributed by atoms with Crippen molar-refractivity contribution < 1.29 is 23.5 Å². The second-order valence-corrected chi connectivity index (χ2v) is 7.45. The van der Waals surface area contributed by atoms with Gasteiger partial charge >= 0.3 is 12.1 Å². The number of methoxy groups -OCH3 is 1. The molecule has 1 unspecified atom stereocenters. The van der Waals surface area contributed by atoms with Crippen molar-refractivity contribution in [2.24, 2.45) is 0 Å². The molecule has 0 radical (unpaired) electrons. The highest BCUT2D eigenvalue weighted by molar-refractivity contribution is 5.97. The maximum Gasteiger partial charge on any atom is 0.414 e. The van der Waals surface area contributed by atoms with Gasteiger partial charge in [0.05, 0.1) is 12.8 Å². The number of rotatable bonds is 2. The number of ether oxygens (including phenoxy) is 2. The summed E-state index contributed by atoms with van der Waals surface area (Å²) in [7, 11) is 1.32. The van der Waals surface area contributed by atoms with Gasteiger partial charge in [-0.05, 0) is 55.7 Å². The standard InChI is InChI=1S/C21H22FNO4/c1-21(2,3)27-20(25)23-12-17(19(24)26-4)16-10-7-14(11-18(16)23)13-5-8-15(22)9-6-13/h5-11,17H,12H2,1-4H3. The predicted molar refractivity (Wildman–Crippen MR) is 100 cm³/mol. The molecule has 27 heavy (non-hydrogen) atoms. The number of carbonyl (C=O) groups excluding carboxylic acids is 2. The van der Waals surface area contributed by atoms with Gasteiger partial charge in [0.1, 0.15) is 17.3 Å². The minimum atomic E-state index is -0.658. The minimum Gasteiger partial charge on any atom is -0.468 e. The average molecular weight is 371 g/mol. The number of nitrogens with zero attached hydrogens (tertiary/aromatic N) is 1. The molecule has 142 valence electrons. The Kier molecular flexibility index (Phi) is 4.91. The van der Waals surface area contributed by atoms with Gasteiger partial charge in [0.25, 0.3) is 0 Å². The van der Waals surface area contributed by atoms with Crippen molar-refractivity contribution in [3.05, 3.63) is 53.8 Å². The third-order valence-corrected chi connectivity index (χ3v) is 4.34. The van der Waals surface area contributed by atoms with E-state index in [0.717, 1.165) is 11.1 Å². The van der Waals surface area contributed by atoms with Crippen molar-refractivity contribution in [1.82, 2.24) is 0 Å². The first kappa shape index (κ1) is 18.9. The van der Waals surface area contributed by atoms with E-state index in [4.69, 9.17) is 9.47 Å². The molecule has 2 aromatic carbocycles. The lowest BCUT2D eigenvalue weighted by Gasteiger charge is -2.25. The third-order valence-electron chi connectivity index (χ3n) is 4.34. The molecule has 2 aromatic rings. The van der Waals surface area contributed by atoms with E-state index in [-0.39, 0.29) is 12.4 Å². The molecule has 0 saturated carbocycles. The van der Waals surface area contributed by atoms with E-state index in [2.05, 4.69) is 0 Å². The van der Waals surface area contributed by atoms with Crippen LogP contribution in [-0.2, 0) is 14.3 Å². The van der Waals surface area contributed by atoms with Gasteiger partial charge in [0, 0.05) is 6.54 Å². The molecule has 3 rings (SSSR count). The highest BCUT2D eigenvalue weighted by Crippen LogP contribution is 2.40. The lowest BCUT2D eigenvalue weighted by Crippen LogP contribution is -2.37. The lowest BCUT2D eigenvalue weighted by atomic mass is 9.97. The summed E-state index contributed by atoms with van der Waals surface area (Å²) < 4.78 is 23.6. The summed E-state index contributed by atoms with van der Waals surface area (Å²) in [5.74, 6) is -1.29. The third kappa shape index (κ3) is 3.94. The van der Waals surface area contributed by atoms with Crippen molar-refractivity contribution in [1.29, 1.82) is 0 Å². The van der Waals surface area contributed by atoms with Crippen molar-refractivity contribution in [2.75, 3.05) is 18.6 Å². The van der Waals surface area contributed by atoms with Crippen LogP contribution in [0.5, 0.6) is 0 Å². The van der Waals surface area contributed by atoms with Gasteiger partial charge in [-0.1, -0.05) is 24.3 Å². The Morgan fingerprint density at radius 2 is 1.70 bits per heavy atom. The molecule has 1 heterocycles. The molecule has 0 fully saturated rings. The van der Waals surface area contributed by atoms with Crippen molar-refractivity contribution >= 4 is 17.7 Å². The fourth-order valence-electron chi connectivity index (χ4n) is 3.11. The number of fused-ring (bicyclic) bond motifs is 1. The van der Waals surface area contributed by atoms with Crippen LogP contribution < -0.4 is 4.90 Å². The molecular formula is C21H22FNO4. The Morgan fingerprint density at radius 1 is 1.07 bits per heavy atom. The second kappa shape index (κ2) is 7.02. The molecule has 1 atom stereocenters. The number of amides is 1. The molecule has 5 nitrogen and oxygen atoms in total. The van der Waals surface area contributed by atoms with Crippen molar-refractivity contribution in [3.8, 4) is 11.1 Å². The van der Waals surface area contributed by atoms with Gasteiger partial charge in [-0.2, -0.15) is 0 Å². The Labute approximate surface area is 157 Å². The normalized spacial score (nSPS) is 16.0. The number of benzene rings is 2. The fraction of sp³-hybridized carbons (Fsp3) is 0.333. The van der Waals surface area contributed by atoms with Crippen molar-refractivity contribution in [2.45, 2.75) is 32.3 Å². The number of anilines is 1. The maximum absolute atomic E-state index is 13.2. The zero-order chi connectivity index (χ0) is 19.8. The molecule has 1 aliphatic heterocycles. The summed E-state index contributed by atoms with van der Waals surface area (Å²) in [6.07, 6.45) is -0.522. The van der Waals surface area contributed by atoms with Gasteiger partial charge in [-0.3, -0.25) is 9.69 Å². The summed E-state index contributed by atoms with van der Waals surface area (Å²) in [4.78, 5) is 26.3. The van der Waals surface area contributed by atoms with Gasteiger partial charge in [-0.25, -0.2) is 9.18 Å². The molecule has 0 spiro atoms. The quantitative estimate of drug-likeness (QED) is 0.729. The molecule has 0 aromatic heterocycles. The minimum absolute atomic E-state index is 0.157. The summed E-state index contributed by atoms with van der Waals surface area (Å²) >= 11 is 0. The molecule has 0 bridgehead atoms. The zero-order valence-electron chi connectivity index (χ0n) is 15.8. The molecule has 0 N–H and O–H groups in total. The number of carbonyl (C=O) groups is 2. The first-order valence-corrected chi connectivity index (χ1v) is 8.68. The second-order valence-electron chi connectivity index (χ2n) is 7.45. The Bertz CT molecular complexity index is 871. The van der Waals surface area contributed by atoms with Crippen LogP contribution in [0.2, 0.25) is 0 Å². The number of hydrogen-bond acceptors (Lipinski definition) is 4. The summed E-state index contributed by atoms with van der Waals surface area (Å²) in [5.41, 5.74) is 2.27. The summed E-state index contributed by atoms with van der Waals surface area (Å²) in [5, 5.41) is 0. The van der Waals surface area contributed by atoms with Crippen LogP contribution in [0.15, 0.2) is 42.5 Å². The van der Waals surface area contributed by atoms with E-state index in [0.29, 0.717) is 11.3 Å².